The number of nitrogens with one attached hydrogen (secondary N) is 3. The molecule has 13 nitrogen and oxygen atoms in total. The van der Waals surface area contributed by atoms with Crippen LogP contribution in [0.5, 0.6) is 0 Å². The molecule has 11 N–H and O–H groups in total. The molecule has 5 unspecified atom stereocenters. The van der Waals surface area contributed by atoms with Gasteiger partial charge in [0.05, 0.1) is 12.6 Å². The van der Waals surface area contributed by atoms with E-state index < -0.39 is 54.5 Å². The van der Waals surface area contributed by atoms with E-state index >= 15 is 0 Å². The third-order valence-electron chi connectivity index (χ3n) is 5.28. The molecule has 34 heavy (non-hydrogen) atoms. The van der Waals surface area contributed by atoms with Crippen molar-refractivity contribution in [1.82, 2.24) is 16.0 Å². The van der Waals surface area contributed by atoms with Gasteiger partial charge in [0.1, 0.15) is 18.1 Å². The van der Waals surface area contributed by atoms with Crippen LogP contribution in [-0.4, -0.2) is 77.2 Å². The Morgan fingerprint density at radius 1 is 0.912 bits per heavy atom. The molecule has 0 aromatic carbocycles. The van der Waals surface area contributed by atoms with Crippen LogP contribution in [0, 0.1) is 11.8 Å². The Hall–Kier alpha value is -2.93. The lowest BCUT2D eigenvalue weighted by Gasteiger charge is -2.25. The number of aliphatic imine (C=N–C) groups is 1. The molecule has 0 aliphatic carbocycles. The van der Waals surface area contributed by atoms with E-state index in [0.29, 0.717) is 12.8 Å². The normalized spacial score (nSPS) is 15.4. The van der Waals surface area contributed by atoms with E-state index in [9.17, 15) is 29.4 Å². The number of rotatable bonds is 16. The van der Waals surface area contributed by atoms with Crippen LogP contribution in [0.15, 0.2) is 4.99 Å². The molecule has 0 heterocycles. The van der Waals surface area contributed by atoms with Gasteiger partial charge in [-0.1, -0.05) is 34.1 Å². The van der Waals surface area contributed by atoms with Gasteiger partial charge in [-0.15, -0.1) is 0 Å². The quantitative estimate of drug-likeness (QED) is 0.0681. The number of carbonyl (C=O) groups excluding carboxylic acids is 3. The molecule has 0 aromatic rings. The molecule has 0 aliphatic rings. The average molecular weight is 488 g/mol. The molecule has 0 aromatic heterocycles. The van der Waals surface area contributed by atoms with Gasteiger partial charge in [-0.3, -0.25) is 19.4 Å². The second-order valence-electron chi connectivity index (χ2n) is 8.69. The van der Waals surface area contributed by atoms with Gasteiger partial charge in [-0.05, 0) is 31.1 Å². The maximum absolute atomic E-state index is 12.9. The number of aliphatic carboxylic acids is 1. The summed E-state index contributed by atoms with van der Waals surface area (Å²) in [6.07, 6.45) is 1.29. The third kappa shape index (κ3) is 11.8. The first-order valence-corrected chi connectivity index (χ1v) is 11.4. The summed E-state index contributed by atoms with van der Waals surface area (Å²) < 4.78 is 0. The van der Waals surface area contributed by atoms with Gasteiger partial charge in [-0.2, -0.15) is 0 Å². The van der Waals surface area contributed by atoms with Crippen molar-refractivity contribution in [2.45, 2.75) is 77.5 Å². The summed E-state index contributed by atoms with van der Waals surface area (Å²) in [6.45, 7) is 6.72. The Morgan fingerprint density at radius 2 is 1.44 bits per heavy atom. The van der Waals surface area contributed by atoms with Gasteiger partial charge in [0.25, 0.3) is 0 Å². The van der Waals surface area contributed by atoms with Crippen molar-refractivity contribution in [1.29, 1.82) is 0 Å². The SMILES string of the molecule is CCC(C)C(N)C(=O)NC(CCCN=C(N)N)C(=O)NC(CO)C(=O)NC(CC(C)C)C(=O)O. The number of amides is 3. The van der Waals surface area contributed by atoms with Crippen molar-refractivity contribution in [3.63, 3.8) is 0 Å². The minimum absolute atomic E-state index is 0.0110. The number of guanidine groups is 1. The Bertz CT molecular complexity index is 712. The average Bonchev–Trinajstić information content (AvgIpc) is 2.76. The van der Waals surface area contributed by atoms with Crippen molar-refractivity contribution in [2.24, 2.45) is 34.0 Å². The van der Waals surface area contributed by atoms with Crippen LogP contribution < -0.4 is 33.2 Å². The highest BCUT2D eigenvalue weighted by atomic mass is 16.4. The molecule has 0 fully saturated rings. The fraction of sp³-hybridized carbons (Fsp3) is 0.762. The predicted molar refractivity (Wildman–Crippen MR) is 127 cm³/mol. The smallest absolute Gasteiger partial charge is 0.326 e. The number of hydrogen-bond donors (Lipinski definition) is 8. The molecule has 0 rings (SSSR count). The molecule has 13 heteroatoms. The fourth-order valence-corrected chi connectivity index (χ4v) is 2.98. The summed E-state index contributed by atoms with van der Waals surface area (Å²) >= 11 is 0. The minimum Gasteiger partial charge on any atom is -0.480 e. The number of carbonyl (C=O) groups is 4. The zero-order valence-electron chi connectivity index (χ0n) is 20.4. The largest absolute Gasteiger partial charge is 0.480 e. The van der Waals surface area contributed by atoms with Crippen LogP contribution in [-0.2, 0) is 19.2 Å². The van der Waals surface area contributed by atoms with E-state index in [0.717, 1.165) is 0 Å². The molecule has 0 bridgehead atoms. The number of aliphatic hydroxyl groups excluding tert-OH is 1. The van der Waals surface area contributed by atoms with Crippen LogP contribution in [0.25, 0.3) is 0 Å². The van der Waals surface area contributed by atoms with E-state index in [1.54, 1.807) is 20.8 Å². The monoisotopic (exact) mass is 487 g/mol. The molecule has 0 aliphatic heterocycles. The summed E-state index contributed by atoms with van der Waals surface area (Å²) in [5.41, 5.74) is 16.5. The summed E-state index contributed by atoms with van der Waals surface area (Å²) in [4.78, 5) is 53.2. The van der Waals surface area contributed by atoms with Crippen molar-refractivity contribution < 1.29 is 29.4 Å². The molecule has 0 saturated heterocycles. The van der Waals surface area contributed by atoms with Gasteiger partial charge >= 0.3 is 5.97 Å². The molecule has 0 radical (unpaired) electrons. The first kappa shape index (κ1) is 31.1. The van der Waals surface area contributed by atoms with Crippen LogP contribution >= 0.6 is 0 Å². The maximum atomic E-state index is 12.9. The second kappa shape index (κ2) is 15.8. The van der Waals surface area contributed by atoms with Gasteiger partial charge in [0, 0.05) is 6.54 Å². The third-order valence-corrected chi connectivity index (χ3v) is 5.28. The summed E-state index contributed by atoms with van der Waals surface area (Å²) in [6, 6.07) is -4.52. The number of nitrogens with two attached hydrogens (primary N) is 3. The Kier molecular flexibility index (Phi) is 14.5. The molecule has 5 atom stereocenters. The van der Waals surface area contributed by atoms with E-state index in [1.807, 2.05) is 6.92 Å². The van der Waals surface area contributed by atoms with E-state index in [-0.39, 0.29) is 37.2 Å². The molecule has 196 valence electrons. The number of nitrogens with zero attached hydrogens (tertiary/aromatic N) is 1. The van der Waals surface area contributed by atoms with Crippen LogP contribution in [0.2, 0.25) is 0 Å². The Balaban J connectivity index is 5.39. The molecule has 3 amide bonds. The first-order chi connectivity index (χ1) is 15.8. The Labute approximate surface area is 200 Å². The highest BCUT2D eigenvalue weighted by Gasteiger charge is 2.30. The standard InChI is InChI=1S/C21H41N7O6/c1-5-12(4)16(22)19(32)26-13(7-6-8-25-21(23)24)17(30)28-15(10-29)18(31)27-14(20(33)34)9-11(2)3/h11-16,29H,5-10,22H2,1-4H3,(H,26,32)(H,27,31)(H,28,30)(H,33,34)(H4,23,24,25). The van der Waals surface area contributed by atoms with Crippen molar-refractivity contribution in [2.75, 3.05) is 13.2 Å². The lowest BCUT2D eigenvalue weighted by molar-refractivity contribution is -0.143. The minimum atomic E-state index is -1.41. The summed E-state index contributed by atoms with van der Waals surface area (Å²) in [7, 11) is 0. The maximum Gasteiger partial charge on any atom is 0.326 e. The van der Waals surface area contributed by atoms with Crippen LogP contribution in [0.1, 0.15) is 53.4 Å². The van der Waals surface area contributed by atoms with Crippen molar-refractivity contribution in [3.8, 4) is 0 Å². The summed E-state index contributed by atoms with van der Waals surface area (Å²) in [5, 5.41) is 26.2. The van der Waals surface area contributed by atoms with E-state index in [4.69, 9.17) is 17.2 Å². The number of hydrogen-bond acceptors (Lipinski definition) is 7. The molecular formula is C21H41N7O6. The van der Waals surface area contributed by atoms with Crippen LogP contribution in [0.3, 0.4) is 0 Å². The van der Waals surface area contributed by atoms with Crippen LogP contribution in [0.4, 0.5) is 0 Å². The van der Waals surface area contributed by atoms with Crippen molar-refractivity contribution in [3.05, 3.63) is 0 Å². The number of carboxylic acids is 1. The first-order valence-electron chi connectivity index (χ1n) is 11.4. The Morgan fingerprint density at radius 3 is 1.91 bits per heavy atom. The van der Waals surface area contributed by atoms with Gasteiger partial charge < -0.3 is 43.4 Å². The highest BCUT2D eigenvalue weighted by Crippen LogP contribution is 2.08. The predicted octanol–water partition coefficient (Wildman–Crippen LogP) is -2.01. The molecule has 0 spiro atoms. The molecule has 0 saturated carbocycles. The molecular weight excluding hydrogens is 446 g/mol. The second-order valence-corrected chi connectivity index (χ2v) is 8.69. The van der Waals surface area contributed by atoms with E-state index in [2.05, 4.69) is 20.9 Å². The zero-order chi connectivity index (χ0) is 26.4. The topological polar surface area (TPSA) is 235 Å². The lowest BCUT2D eigenvalue weighted by atomic mass is 9.98. The summed E-state index contributed by atoms with van der Waals surface area (Å²) in [5.74, 6) is -3.61. The highest BCUT2D eigenvalue weighted by molar-refractivity contribution is 5.94. The lowest BCUT2D eigenvalue weighted by Crippen LogP contribution is -2.58. The van der Waals surface area contributed by atoms with Gasteiger partial charge in [-0.25, -0.2) is 4.79 Å². The van der Waals surface area contributed by atoms with Gasteiger partial charge in [0.15, 0.2) is 5.96 Å². The number of carboxylic acid groups (broad SMARTS) is 1. The zero-order valence-corrected chi connectivity index (χ0v) is 20.4. The van der Waals surface area contributed by atoms with Crippen molar-refractivity contribution >= 4 is 29.7 Å². The van der Waals surface area contributed by atoms with Gasteiger partial charge in [0.2, 0.25) is 17.7 Å². The van der Waals surface area contributed by atoms with E-state index in [1.165, 1.54) is 0 Å². The fourth-order valence-electron chi connectivity index (χ4n) is 2.98. The number of aliphatic hydroxyl groups is 1.